The number of carbonyl (C=O) groups is 1. The Labute approximate surface area is 203 Å². The molecule has 3 unspecified atom stereocenters. The maximum Gasteiger partial charge on any atom is 0.266 e. The molecular weight excluding hydrogens is 457 g/mol. The summed E-state index contributed by atoms with van der Waals surface area (Å²) in [4.78, 5) is 15.8. The summed E-state index contributed by atoms with van der Waals surface area (Å²) < 4.78 is 20.2. The minimum Gasteiger partial charge on any atom is -0.456 e. The summed E-state index contributed by atoms with van der Waals surface area (Å²) in [5.74, 6) is 2.33. The number of thioether (sulfide) groups is 1. The molecule has 7 heteroatoms. The molecule has 1 saturated heterocycles. The number of hydrogen-bond donors (Lipinski definition) is 1. The van der Waals surface area contributed by atoms with Crippen molar-refractivity contribution in [3.8, 4) is 11.3 Å². The average molecular weight is 486 g/mol. The summed E-state index contributed by atoms with van der Waals surface area (Å²) in [6, 6.07) is 8.45. The number of rotatable bonds is 8. The van der Waals surface area contributed by atoms with E-state index in [0.717, 1.165) is 49.1 Å². The highest BCUT2D eigenvalue weighted by Gasteiger charge is 2.48. The van der Waals surface area contributed by atoms with Crippen molar-refractivity contribution in [2.75, 3.05) is 6.61 Å². The lowest BCUT2D eigenvalue weighted by Crippen LogP contribution is -2.41. The van der Waals surface area contributed by atoms with Crippen molar-refractivity contribution in [3.63, 3.8) is 0 Å². The molecule has 2 aliphatic carbocycles. The van der Waals surface area contributed by atoms with Crippen LogP contribution in [-0.2, 0) is 11.2 Å². The van der Waals surface area contributed by atoms with E-state index in [-0.39, 0.29) is 24.4 Å². The first-order valence-corrected chi connectivity index (χ1v) is 13.0. The summed E-state index contributed by atoms with van der Waals surface area (Å²) in [6.45, 7) is 0.185. The van der Waals surface area contributed by atoms with Crippen LogP contribution in [0.25, 0.3) is 17.4 Å². The lowest BCUT2D eigenvalue weighted by atomic mass is 9.94. The van der Waals surface area contributed by atoms with Gasteiger partial charge in [0.25, 0.3) is 5.91 Å². The Morgan fingerprint density at radius 1 is 1.18 bits per heavy atom. The van der Waals surface area contributed by atoms with E-state index in [1.165, 1.54) is 43.2 Å². The third-order valence-corrected chi connectivity index (χ3v) is 8.52. The van der Waals surface area contributed by atoms with Crippen LogP contribution in [0.1, 0.15) is 56.3 Å². The van der Waals surface area contributed by atoms with Crippen LogP contribution >= 0.6 is 24.0 Å². The molecular formula is C26H28FNO3S2. The number of unbranched alkanes of at least 4 members (excludes halogenated alkanes) is 2. The van der Waals surface area contributed by atoms with E-state index in [2.05, 4.69) is 0 Å². The van der Waals surface area contributed by atoms with Crippen LogP contribution in [0.3, 0.4) is 0 Å². The van der Waals surface area contributed by atoms with Gasteiger partial charge in [0.15, 0.2) is 0 Å². The molecule has 3 atom stereocenters. The van der Waals surface area contributed by atoms with E-state index in [0.29, 0.717) is 26.7 Å². The fourth-order valence-electron chi connectivity index (χ4n) is 5.53. The van der Waals surface area contributed by atoms with Gasteiger partial charge < -0.3 is 9.52 Å². The lowest BCUT2D eigenvalue weighted by molar-refractivity contribution is -0.124. The van der Waals surface area contributed by atoms with Crippen LogP contribution in [0.15, 0.2) is 39.7 Å². The second-order valence-corrected chi connectivity index (χ2v) is 11.0. The van der Waals surface area contributed by atoms with Gasteiger partial charge in [-0.2, -0.15) is 0 Å². The summed E-state index contributed by atoms with van der Waals surface area (Å²) in [7, 11) is 0. The standard InChI is InChI=1S/C26H28FNO3S2/c27-20-9-7-17(8-10-20)22-14-19(4-2-1-3-11-29)23(31-22)15-24-25(30)28(26(32)33-24)21-13-16-5-6-18(21)12-16/h7-10,14-16,18,21,29H,1-6,11-13H2. The fourth-order valence-corrected chi connectivity index (χ4v) is 6.88. The number of aliphatic hydroxyl groups is 1. The minimum atomic E-state index is -0.293. The van der Waals surface area contributed by atoms with Gasteiger partial charge in [0.2, 0.25) is 0 Å². The van der Waals surface area contributed by atoms with E-state index in [9.17, 15) is 9.18 Å². The Kier molecular flexibility index (Phi) is 6.72. The third-order valence-electron chi connectivity index (χ3n) is 7.19. The molecule has 0 radical (unpaired) electrons. The topological polar surface area (TPSA) is 53.7 Å². The molecule has 4 nitrogen and oxygen atoms in total. The summed E-state index contributed by atoms with van der Waals surface area (Å²) in [5.41, 5.74) is 1.81. The first-order chi connectivity index (χ1) is 16.0. The number of aryl methyl sites for hydroxylation is 1. The van der Waals surface area contributed by atoms with Gasteiger partial charge in [0, 0.05) is 24.3 Å². The van der Waals surface area contributed by atoms with E-state index in [1.807, 2.05) is 17.0 Å². The molecule has 3 fully saturated rings. The summed E-state index contributed by atoms with van der Waals surface area (Å²) in [5, 5.41) is 9.08. The highest BCUT2D eigenvalue weighted by Crippen LogP contribution is 2.49. The lowest BCUT2D eigenvalue weighted by Gasteiger charge is -2.30. The van der Waals surface area contributed by atoms with Crippen LogP contribution in [0.2, 0.25) is 0 Å². The van der Waals surface area contributed by atoms with Crippen LogP contribution in [0.5, 0.6) is 0 Å². The maximum absolute atomic E-state index is 13.4. The Balaban J connectivity index is 1.41. The number of nitrogens with zero attached hydrogens (tertiary/aromatic N) is 1. The van der Waals surface area contributed by atoms with Crippen molar-refractivity contribution in [1.29, 1.82) is 0 Å². The minimum absolute atomic E-state index is 0.00601. The summed E-state index contributed by atoms with van der Waals surface area (Å²) in [6.07, 6.45) is 9.97. The van der Waals surface area contributed by atoms with Crippen molar-refractivity contribution in [1.82, 2.24) is 4.90 Å². The van der Waals surface area contributed by atoms with Gasteiger partial charge in [-0.1, -0.05) is 36.8 Å². The smallest absolute Gasteiger partial charge is 0.266 e. The third kappa shape index (κ3) is 4.68. The number of fused-ring (bicyclic) bond motifs is 2. The van der Waals surface area contributed by atoms with Gasteiger partial charge >= 0.3 is 0 Å². The zero-order chi connectivity index (χ0) is 22.9. The Bertz CT molecular complexity index is 1080. The van der Waals surface area contributed by atoms with E-state index in [4.69, 9.17) is 21.7 Å². The maximum atomic E-state index is 13.4. The molecule has 5 rings (SSSR count). The van der Waals surface area contributed by atoms with Crippen LogP contribution < -0.4 is 0 Å². The number of amides is 1. The number of halogens is 1. The highest BCUT2D eigenvalue weighted by atomic mass is 32.2. The second kappa shape index (κ2) is 9.72. The SMILES string of the molecule is O=C1C(=Cc2oc(-c3ccc(F)cc3)cc2CCCCCO)SC(=S)N1C1CC2CCC1C2. The van der Waals surface area contributed by atoms with Crippen molar-refractivity contribution in [3.05, 3.63) is 52.4 Å². The first-order valence-electron chi connectivity index (χ1n) is 11.8. The number of benzene rings is 1. The molecule has 2 aromatic rings. The largest absolute Gasteiger partial charge is 0.456 e. The van der Waals surface area contributed by atoms with Gasteiger partial charge in [-0.15, -0.1) is 0 Å². The monoisotopic (exact) mass is 485 g/mol. The molecule has 1 N–H and O–H groups in total. The van der Waals surface area contributed by atoms with Gasteiger partial charge in [-0.05, 0) is 86.3 Å². The first kappa shape index (κ1) is 22.8. The highest BCUT2D eigenvalue weighted by molar-refractivity contribution is 8.26. The summed E-state index contributed by atoms with van der Waals surface area (Å²) >= 11 is 6.99. The Morgan fingerprint density at radius 2 is 2.00 bits per heavy atom. The number of hydrogen-bond acceptors (Lipinski definition) is 5. The molecule has 1 aliphatic heterocycles. The quantitative estimate of drug-likeness (QED) is 0.275. The predicted octanol–water partition coefficient (Wildman–Crippen LogP) is 6.18. The van der Waals surface area contributed by atoms with Crippen molar-refractivity contribution >= 4 is 40.3 Å². The van der Waals surface area contributed by atoms with E-state index >= 15 is 0 Å². The molecule has 1 amide bonds. The molecule has 2 heterocycles. The Morgan fingerprint density at radius 3 is 2.70 bits per heavy atom. The molecule has 174 valence electrons. The molecule has 2 saturated carbocycles. The molecule has 3 aliphatic rings. The predicted molar refractivity (Wildman–Crippen MR) is 133 cm³/mol. The van der Waals surface area contributed by atoms with Crippen LogP contribution in [0.4, 0.5) is 4.39 Å². The van der Waals surface area contributed by atoms with Gasteiger partial charge in [-0.25, -0.2) is 4.39 Å². The fraction of sp³-hybridized carbons (Fsp3) is 0.462. The van der Waals surface area contributed by atoms with Crippen molar-refractivity contribution in [2.45, 2.75) is 57.4 Å². The molecule has 2 bridgehead atoms. The van der Waals surface area contributed by atoms with Gasteiger partial charge in [0.05, 0.1) is 4.91 Å². The molecule has 1 aromatic carbocycles. The van der Waals surface area contributed by atoms with Crippen molar-refractivity contribution in [2.24, 2.45) is 11.8 Å². The molecule has 33 heavy (non-hydrogen) atoms. The van der Waals surface area contributed by atoms with E-state index < -0.39 is 0 Å². The zero-order valence-corrected chi connectivity index (χ0v) is 20.1. The molecule has 0 spiro atoms. The van der Waals surface area contributed by atoms with Crippen LogP contribution in [0, 0.1) is 17.7 Å². The second-order valence-electron chi connectivity index (χ2n) is 9.34. The van der Waals surface area contributed by atoms with E-state index in [1.54, 1.807) is 12.1 Å². The van der Waals surface area contributed by atoms with Gasteiger partial charge in [0.1, 0.15) is 21.7 Å². The molecule has 1 aromatic heterocycles. The number of aliphatic hydroxyl groups excluding tert-OH is 1. The number of thiocarbonyl (C=S) groups is 1. The zero-order valence-electron chi connectivity index (χ0n) is 18.5. The van der Waals surface area contributed by atoms with Crippen molar-refractivity contribution < 1.29 is 18.7 Å². The van der Waals surface area contributed by atoms with Gasteiger partial charge in [-0.3, -0.25) is 9.69 Å². The number of furan rings is 1. The average Bonchev–Trinajstić information content (AvgIpc) is 3.57. The van der Waals surface area contributed by atoms with Crippen LogP contribution in [-0.4, -0.2) is 32.9 Å². The normalized spacial score (nSPS) is 25.7. The Hall–Kier alpha value is -1.96. The number of carbonyl (C=O) groups excluding carboxylic acids is 1.